The summed E-state index contributed by atoms with van der Waals surface area (Å²) in [6.07, 6.45) is 5.06. The van der Waals surface area contributed by atoms with Gasteiger partial charge in [-0.3, -0.25) is 14.6 Å². The Morgan fingerprint density at radius 3 is 2.86 bits per heavy atom. The summed E-state index contributed by atoms with van der Waals surface area (Å²) in [6.45, 7) is 3.11. The molecule has 3 rings (SSSR count). The summed E-state index contributed by atoms with van der Waals surface area (Å²) in [6, 6.07) is 4.92. The topological polar surface area (TPSA) is 79.0 Å². The highest BCUT2D eigenvalue weighted by atomic mass is 16.2. The molecular formula is C16H18N4O2. The number of pyridine rings is 1. The van der Waals surface area contributed by atoms with Gasteiger partial charge in [0.05, 0.1) is 0 Å². The Morgan fingerprint density at radius 1 is 1.36 bits per heavy atom. The van der Waals surface area contributed by atoms with Gasteiger partial charge in [0.2, 0.25) is 0 Å². The fraction of sp³-hybridized carbons (Fsp3) is 0.375. The van der Waals surface area contributed by atoms with Crippen LogP contribution in [-0.4, -0.2) is 38.8 Å². The van der Waals surface area contributed by atoms with Gasteiger partial charge in [0.15, 0.2) is 0 Å². The number of carbonyl (C=O) groups is 1. The molecule has 0 saturated carbocycles. The molecule has 6 nitrogen and oxygen atoms in total. The lowest BCUT2D eigenvalue weighted by atomic mass is 9.96. The lowest BCUT2D eigenvalue weighted by Gasteiger charge is -2.32. The summed E-state index contributed by atoms with van der Waals surface area (Å²) >= 11 is 0. The van der Waals surface area contributed by atoms with Gasteiger partial charge >= 0.3 is 0 Å². The first kappa shape index (κ1) is 14.4. The number of likely N-dealkylation sites (tertiary alicyclic amines) is 1. The molecule has 0 bridgehead atoms. The van der Waals surface area contributed by atoms with E-state index < -0.39 is 0 Å². The number of carbonyl (C=O) groups excluding carboxylic acids is 1. The van der Waals surface area contributed by atoms with E-state index in [2.05, 4.69) is 15.0 Å². The molecule has 0 aliphatic carbocycles. The maximum absolute atomic E-state index is 12.5. The molecule has 0 radical (unpaired) electrons. The molecule has 0 spiro atoms. The van der Waals surface area contributed by atoms with Gasteiger partial charge < -0.3 is 9.88 Å². The van der Waals surface area contributed by atoms with Gasteiger partial charge in [0.1, 0.15) is 5.82 Å². The first-order chi connectivity index (χ1) is 10.6. The highest BCUT2D eigenvalue weighted by Gasteiger charge is 2.26. The zero-order valence-electron chi connectivity index (χ0n) is 12.5. The first-order valence-electron chi connectivity index (χ1n) is 7.40. The molecule has 0 unspecified atom stereocenters. The van der Waals surface area contributed by atoms with E-state index in [-0.39, 0.29) is 17.4 Å². The van der Waals surface area contributed by atoms with Crippen LogP contribution in [0.15, 0.2) is 35.4 Å². The van der Waals surface area contributed by atoms with Crippen LogP contribution >= 0.6 is 0 Å². The van der Waals surface area contributed by atoms with Crippen LogP contribution in [0.2, 0.25) is 0 Å². The smallest absolute Gasteiger partial charge is 0.253 e. The monoisotopic (exact) mass is 298 g/mol. The molecule has 2 aromatic rings. The molecular weight excluding hydrogens is 280 g/mol. The van der Waals surface area contributed by atoms with Gasteiger partial charge in [-0.25, -0.2) is 4.98 Å². The average molecular weight is 298 g/mol. The summed E-state index contributed by atoms with van der Waals surface area (Å²) in [7, 11) is 0. The Balaban J connectivity index is 1.79. The molecule has 0 aromatic carbocycles. The minimum Gasteiger partial charge on any atom is -0.338 e. The third-order valence-corrected chi connectivity index (χ3v) is 3.91. The molecule has 1 aliphatic heterocycles. The molecule has 1 fully saturated rings. The zero-order valence-corrected chi connectivity index (χ0v) is 12.5. The van der Waals surface area contributed by atoms with Gasteiger partial charge in [0.25, 0.3) is 11.5 Å². The van der Waals surface area contributed by atoms with E-state index in [0.29, 0.717) is 23.6 Å². The SMILES string of the molecule is Cc1cc(=O)[nH]c([C@H]2CCCN(C(=O)c3ccncc3)C2)n1. The molecule has 6 heteroatoms. The van der Waals surface area contributed by atoms with Crippen molar-refractivity contribution < 1.29 is 4.79 Å². The second-order valence-corrected chi connectivity index (χ2v) is 5.60. The van der Waals surface area contributed by atoms with Gasteiger partial charge in [0, 0.05) is 48.7 Å². The Bertz CT molecular complexity index is 726. The van der Waals surface area contributed by atoms with Crippen molar-refractivity contribution in [2.45, 2.75) is 25.7 Å². The van der Waals surface area contributed by atoms with Crippen LogP contribution in [0.25, 0.3) is 0 Å². The van der Waals surface area contributed by atoms with E-state index in [9.17, 15) is 9.59 Å². The Morgan fingerprint density at radius 2 is 2.14 bits per heavy atom. The quantitative estimate of drug-likeness (QED) is 0.911. The highest BCUT2D eigenvalue weighted by Crippen LogP contribution is 2.25. The summed E-state index contributed by atoms with van der Waals surface area (Å²) < 4.78 is 0. The zero-order chi connectivity index (χ0) is 15.5. The number of amides is 1. The predicted molar refractivity (Wildman–Crippen MR) is 81.7 cm³/mol. The van der Waals surface area contributed by atoms with Crippen molar-refractivity contribution in [2.75, 3.05) is 13.1 Å². The van der Waals surface area contributed by atoms with Crippen molar-refractivity contribution in [1.29, 1.82) is 0 Å². The van der Waals surface area contributed by atoms with Crippen LogP contribution in [0.4, 0.5) is 0 Å². The number of piperidine rings is 1. The third kappa shape index (κ3) is 3.05. The molecule has 1 N–H and O–H groups in total. The normalized spacial score (nSPS) is 18.2. The first-order valence-corrected chi connectivity index (χ1v) is 7.40. The van der Waals surface area contributed by atoms with Crippen LogP contribution in [0.3, 0.4) is 0 Å². The number of aromatic amines is 1. The van der Waals surface area contributed by atoms with Crippen molar-refractivity contribution in [3.05, 3.63) is 58.0 Å². The fourth-order valence-corrected chi connectivity index (χ4v) is 2.86. The summed E-state index contributed by atoms with van der Waals surface area (Å²) in [5.74, 6) is 0.756. The number of H-pyrrole nitrogens is 1. The second kappa shape index (κ2) is 6.09. The van der Waals surface area contributed by atoms with Gasteiger partial charge in [-0.05, 0) is 31.9 Å². The lowest BCUT2D eigenvalue weighted by molar-refractivity contribution is 0.0704. The Hall–Kier alpha value is -2.50. The van der Waals surface area contributed by atoms with Crippen molar-refractivity contribution in [3.8, 4) is 0 Å². The maximum Gasteiger partial charge on any atom is 0.253 e. The van der Waals surface area contributed by atoms with Gasteiger partial charge in [-0.15, -0.1) is 0 Å². The van der Waals surface area contributed by atoms with Gasteiger partial charge in [-0.1, -0.05) is 0 Å². The van der Waals surface area contributed by atoms with E-state index in [1.54, 1.807) is 24.5 Å². The van der Waals surface area contributed by atoms with Crippen molar-refractivity contribution >= 4 is 5.91 Å². The maximum atomic E-state index is 12.5. The van der Waals surface area contributed by atoms with Crippen LogP contribution in [0, 0.1) is 6.92 Å². The van der Waals surface area contributed by atoms with Crippen molar-refractivity contribution in [2.24, 2.45) is 0 Å². The van der Waals surface area contributed by atoms with Crippen LogP contribution in [-0.2, 0) is 0 Å². The third-order valence-electron chi connectivity index (χ3n) is 3.91. The van der Waals surface area contributed by atoms with Crippen molar-refractivity contribution in [3.63, 3.8) is 0 Å². The predicted octanol–water partition coefficient (Wildman–Crippen LogP) is 1.49. The van der Waals surface area contributed by atoms with E-state index in [4.69, 9.17) is 0 Å². The number of nitrogens with zero attached hydrogens (tertiary/aromatic N) is 3. The molecule has 1 amide bonds. The molecule has 1 saturated heterocycles. The molecule has 3 heterocycles. The molecule has 1 aliphatic rings. The fourth-order valence-electron chi connectivity index (χ4n) is 2.86. The van der Waals surface area contributed by atoms with E-state index in [0.717, 1.165) is 19.4 Å². The Labute approximate surface area is 128 Å². The molecule has 1 atom stereocenters. The van der Waals surface area contributed by atoms with Crippen LogP contribution in [0.5, 0.6) is 0 Å². The summed E-state index contributed by atoms with van der Waals surface area (Å²) in [5, 5.41) is 0. The summed E-state index contributed by atoms with van der Waals surface area (Å²) in [4.78, 5) is 37.1. The molecule has 114 valence electrons. The second-order valence-electron chi connectivity index (χ2n) is 5.60. The lowest BCUT2D eigenvalue weighted by Crippen LogP contribution is -2.40. The number of nitrogens with one attached hydrogen (secondary N) is 1. The van der Waals surface area contributed by atoms with Gasteiger partial charge in [-0.2, -0.15) is 0 Å². The van der Waals surface area contributed by atoms with E-state index >= 15 is 0 Å². The van der Waals surface area contributed by atoms with E-state index in [1.165, 1.54) is 6.07 Å². The van der Waals surface area contributed by atoms with E-state index in [1.807, 2.05) is 11.8 Å². The number of rotatable bonds is 2. The minimum absolute atomic E-state index is 0.00194. The van der Waals surface area contributed by atoms with Crippen LogP contribution < -0.4 is 5.56 Å². The number of aryl methyl sites for hydroxylation is 1. The molecule has 2 aromatic heterocycles. The molecule has 22 heavy (non-hydrogen) atoms. The minimum atomic E-state index is -0.139. The van der Waals surface area contributed by atoms with Crippen molar-refractivity contribution in [1.82, 2.24) is 19.9 Å². The average Bonchev–Trinajstić information content (AvgIpc) is 2.54. The standard InChI is InChI=1S/C16H18N4O2/c1-11-9-14(21)19-15(18-11)13-3-2-8-20(10-13)16(22)12-4-6-17-7-5-12/h4-7,9,13H,2-3,8,10H2,1H3,(H,18,19,21)/t13-/m0/s1. The Kier molecular flexibility index (Phi) is 4.00. The number of hydrogen-bond donors (Lipinski definition) is 1. The van der Waals surface area contributed by atoms with Crippen LogP contribution in [0.1, 0.15) is 40.6 Å². The summed E-state index contributed by atoms with van der Waals surface area (Å²) in [5.41, 5.74) is 1.21. The number of hydrogen-bond acceptors (Lipinski definition) is 4. The highest BCUT2D eigenvalue weighted by molar-refractivity contribution is 5.94. The largest absolute Gasteiger partial charge is 0.338 e. The number of aromatic nitrogens is 3.